The van der Waals surface area contributed by atoms with Crippen molar-refractivity contribution >= 4 is 16.1 Å². The Balaban J connectivity index is 2.39. The highest BCUT2D eigenvalue weighted by Crippen LogP contribution is 2.10. The molecule has 0 radical (unpaired) electrons. The summed E-state index contributed by atoms with van der Waals surface area (Å²) in [5.74, 6) is -2.69. The van der Waals surface area contributed by atoms with Crippen molar-refractivity contribution in [2.75, 3.05) is 12.9 Å². The summed E-state index contributed by atoms with van der Waals surface area (Å²) in [5, 5.41) is 0. The topological polar surface area (TPSA) is 105 Å². The van der Waals surface area contributed by atoms with Crippen LogP contribution in [0.15, 0.2) is 18.2 Å². The fraction of sp³-hybridized carbons (Fsp3) is 0.364. The molecular formula is C11H13F2NO6S. The van der Waals surface area contributed by atoms with Crippen LogP contribution in [0.25, 0.3) is 0 Å². The van der Waals surface area contributed by atoms with E-state index in [-0.39, 0.29) is 18.8 Å². The quantitative estimate of drug-likeness (QED) is 0.565. The van der Waals surface area contributed by atoms with Gasteiger partial charge in [0.25, 0.3) is 10.1 Å². The van der Waals surface area contributed by atoms with Crippen molar-refractivity contribution in [1.29, 1.82) is 0 Å². The molecule has 1 atom stereocenters. The standard InChI is InChI=1S/C11H13F2NO6S/c1-21(16,17)20-19-11(15)10(14)6-18-5-7-2-3-8(12)4-9(7)13/h2-4,10H,5-6,14H2,1H3. The minimum absolute atomic E-state index is 0.0735. The van der Waals surface area contributed by atoms with Crippen LogP contribution >= 0.6 is 0 Å². The first-order valence-corrected chi connectivity index (χ1v) is 7.38. The first-order chi connectivity index (χ1) is 9.69. The molecule has 0 spiro atoms. The normalized spacial score (nSPS) is 13.0. The molecule has 7 nitrogen and oxygen atoms in total. The molecule has 0 fully saturated rings. The van der Waals surface area contributed by atoms with Gasteiger partial charge in [0.05, 0.1) is 19.5 Å². The molecule has 0 aliphatic rings. The Bertz CT molecular complexity index is 607. The number of hydrogen-bond donors (Lipinski definition) is 1. The Kier molecular flexibility index (Phi) is 6.15. The largest absolute Gasteiger partial charge is 0.374 e. The highest BCUT2D eigenvalue weighted by Gasteiger charge is 2.19. The number of carbonyl (C=O) groups is 1. The van der Waals surface area contributed by atoms with Gasteiger partial charge >= 0.3 is 5.97 Å². The molecule has 0 saturated heterocycles. The number of hydrogen-bond acceptors (Lipinski definition) is 7. The number of benzene rings is 1. The molecule has 118 valence electrons. The Morgan fingerprint density at radius 3 is 2.62 bits per heavy atom. The summed E-state index contributed by atoms with van der Waals surface area (Å²) in [7, 11) is -3.95. The third kappa shape index (κ3) is 6.58. The van der Waals surface area contributed by atoms with Crippen molar-refractivity contribution in [3.63, 3.8) is 0 Å². The SMILES string of the molecule is CS(=O)(=O)OOC(=O)C(N)COCc1ccc(F)cc1F. The van der Waals surface area contributed by atoms with Gasteiger partial charge in [0, 0.05) is 11.6 Å². The molecule has 10 heteroatoms. The molecule has 0 aromatic heterocycles. The van der Waals surface area contributed by atoms with Gasteiger partial charge in [-0.15, -0.1) is 0 Å². The monoisotopic (exact) mass is 325 g/mol. The summed E-state index contributed by atoms with van der Waals surface area (Å²) in [6.45, 7) is -0.622. The lowest BCUT2D eigenvalue weighted by atomic mass is 10.2. The maximum Gasteiger partial charge on any atom is 0.362 e. The zero-order chi connectivity index (χ0) is 16.0. The average Bonchev–Trinajstić information content (AvgIpc) is 2.37. The first kappa shape index (κ1) is 17.4. The minimum Gasteiger partial charge on any atom is -0.374 e. The number of halogens is 2. The molecule has 21 heavy (non-hydrogen) atoms. The predicted octanol–water partition coefficient (Wildman–Crippen LogP) is 0.243. The van der Waals surface area contributed by atoms with E-state index in [1.807, 2.05) is 0 Å². The second kappa shape index (κ2) is 7.41. The van der Waals surface area contributed by atoms with Crippen LogP contribution in [-0.4, -0.2) is 33.3 Å². The maximum atomic E-state index is 13.3. The van der Waals surface area contributed by atoms with Gasteiger partial charge in [-0.1, -0.05) is 10.4 Å². The van der Waals surface area contributed by atoms with E-state index in [1.54, 1.807) is 0 Å². The summed E-state index contributed by atoms with van der Waals surface area (Å²) in [4.78, 5) is 15.2. The van der Waals surface area contributed by atoms with E-state index >= 15 is 0 Å². The zero-order valence-corrected chi connectivity index (χ0v) is 11.7. The Morgan fingerprint density at radius 1 is 1.38 bits per heavy atom. The molecule has 0 bridgehead atoms. The molecule has 1 unspecified atom stereocenters. The number of ether oxygens (including phenoxy) is 1. The summed E-state index contributed by atoms with van der Waals surface area (Å²) in [6.07, 6.45) is 0.680. The number of nitrogens with two attached hydrogens (primary N) is 1. The minimum atomic E-state index is -3.95. The van der Waals surface area contributed by atoms with Gasteiger partial charge in [0.15, 0.2) is 0 Å². The van der Waals surface area contributed by atoms with Crippen molar-refractivity contribution < 1.29 is 36.0 Å². The van der Waals surface area contributed by atoms with Crippen LogP contribution in [0, 0.1) is 11.6 Å². The fourth-order valence-corrected chi connectivity index (χ4v) is 1.35. The molecule has 0 heterocycles. The van der Waals surface area contributed by atoms with Gasteiger partial charge in [-0.05, 0) is 6.07 Å². The summed E-state index contributed by atoms with van der Waals surface area (Å²) in [5.41, 5.74) is 5.42. The van der Waals surface area contributed by atoms with E-state index in [9.17, 15) is 22.0 Å². The van der Waals surface area contributed by atoms with E-state index < -0.39 is 33.8 Å². The van der Waals surface area contributed by atoms with Gasteiger partial charge in [-0.3, -0.25) is 4.89 Å². The van der Waals surface area contributed by atoms with Gasteiger partial charge in [-0.2, -0.15) is 8.42 Å². The summed E-state index contributed by atoms with van der Waals surface area (Å²) in [6, 6.07) is 1.60. The number of rotatable bonds is 7. The van der Waals surface area contributed by atoms with Gasteiger partial charge < -0.3 is 10.5 Å². The second-order valence-electron chi connectivity index (χ2n) is 4.03. The zero-order valence-electron chi connectivity index (χ0n) is 10.9. The van der Waals surface area contributed by atoms with E-state index in [0.29, 0.717) is 12.3 Å². The molecule has 1 aromatic rings. The highest BCUT2D eigenvalue weighted by atomic mass is 32.2. The van der Waals surface area contributed by atoms with Crippen molar-refractivity contribution in [3.05, 3.63) is 35.4 Å². The number of carbonyl (C=O) groups excluding carboxylic acids is 1. The second-order valence-corrected chi connectivity index (χ2v) is 5.58. The smallest absolute Gasteiger partial charge is 0.362 e. The predicted molar refractivity (Wildman–Crippen MR) is 66.0 cm³/mol. The van der Waals surface area contributed by atoms with Crippen LogP contribution in [0.5, 0.6) is 0 Å². The van der Waals surface area contributed by atoms with Crippen molar-refractivity contribution in [1.82, 2.24) is 0 Å². The van der Waals surface area contributed by atoms with E-state index in [0.717, 1.165) is 6.07 Å². The Morgan fingerprint density at radius 2 is 2.05 bits per heavy atom. The van der Waals surface area contributed by atoms with Crippen LogP contribution in [-0.2, 0) is 35.5 Å². The van der Waals surface area contributed by atoms with Crippen LogP contribution in [0.4, 0.5) is 8.78 Å². The maximum absolute atomic E-state index is 13.3. The van der Waals surface area contributed by atoms with Crippen molar-refractivity contribution in [3.8, 4) is 0 Å². The first-order valence-electron chi connectivity index (χ1n) is 5.56. The third-order valence-electron chi connectivity index (χ3n) is 2.11. The lowest BCUT2D eigenvalue weighted by molar-refractivity contribution is -0.213. The molecule has 0 aliphatic heterocycles. The highest BCUT2D eigenvalue weighted by molar-refractivity contribution is 7.85. The molecule has 2 N–H and O–H groups in total. The molecule has 1 rings (SSSR count). The van der Waals surface area contributed by atoms with Crippen molar-refractivity contribution in [2.45, 2.75) is 12.6 Å². The van der Waals surface area contributed by atoms with Crippen LogP contribution in [0.1, 0.15) is 5.56 Å². The molecule has 1 aromatic carbocycles. The average molecular weight is 325 g/mol. The summed E-state index contributed by atoms with van der Waals surface area (Å²) >= 11 is 0. The molecular weight excluding hydrogens is 312 g/mol. The molecule has 0 amide bonds. The molecule has 0 aliphatic carbocycles. The van der Waals surface area contributed by atoms with Crippen LogP contribution < -0.4 is 5.73 Å². The molecule has 0 saturated carbocycles. The van der Waals surface area contributed by atoms with Gasteiger partial charge in [0.2, 0.25) is 0 Å². The van der Waals surface area contributed by atoms with Crippen molar-refractivity contribution in [2.24, 2.45) is 5.73 Å². The Hall–Kier alpha value is -1.62. The summed E-state index contributed by atoms with van der Waals surface area (Å²) < 4.78 is 55.8. The third-order valence-corrected chi connectivity index (χ3v) is 2.43. The van der Waals surface area contributed by atoms with Gasteiger partial charge in [-0.25, -0.2) is 13.6 Å². The van der Waals surface area contributed by atoms with Gasteiger partial charge in [0.1, 0.15) is 17.7 Å². The fourth-order valence-electron chi connectivity index (χ4n) is 1.16. The Labute approximate surface area is 119 Å². The van der Waals surface area contributed by atoms with E-state index in [2.05, 4.69) is 9.22 Å². The van der Waals surface area contributed by atoms with E-state index in [4.69, 9.17) is 10.5 Å². The lowest BCUT2D eigenvalue weighted by Crippen LogP contribution is -2.37. The lowest BCUT2D eigenvalue weighted by Gasteiger charge is -2.10. The van der Waals surface area contributed by atoms with E-state index in [1.165, 1.54) is 6.07 Å². The van der Waals surface area contributed by atoms with Crippen LogP contribution in [0.2, 0.25) is 0 Å². The van der Waals surface area contributed by atoms with Crippen LogP contribution in [0.3, 0.4) is 0 Å².